The van der Waals surface area contributed by atoms with E-state index in [1.807, 2.05) is 23.9 Å². The lowest BCUT2D eigenvalue weighted by Crippen LogP contribution is -2.39. The van der Waals surface area contributed by atoms with Gasteiger partial charge in [0, 0.05) is 36.9 Å². The topological polar surface area (TPSA) is 50.1 Å². The van der Waals surface area contributed by atoms with E-state index in [9.17, 15) is 5.11 Å². The zero-order valence-electron chi connectivity index (χ0n) is 11.9. The molecule has 1 heterocycles. The van der Waals surface area contributed by atoms with Gasteiger partial charge in [0.1, 0.15) is 0 Å². The number of hydrogen-bond acceptors (Lipinski definition) is 4. The molecule has 1 unspecified atom stereocenters. The van der Waals surface area contributed by atoms with E-state index in [1.54, 1.807) is 24.3 Å². The quantitative estimate of drug-likeness (QED) is 0.820. The van der Waals surface area contributed by atoms with Crippen molar-refractivity contribution in [2.24, 2.45) is 0 Å². The van der Waals surface area contributed by atoms with Gasteiger partial charge in [0.05, 0.1) is 11.9 Å². The van der Waals surface area contributed by atoms with Crippen molar-refractivity contribution in [3.05, 3.63) is 48.5 Å². The van der Waals surface area contributed by atoms with Crippen molar-refractivity contribution in [1.82, 2.24) is 14.9 Å². The fourth-order valence-electron chi connectivity index (χ4n) is 2.04. The highest BCUT2D eigenvalue weighted by atomic mass is 32.2. The first-order valence-corrected chi connectivity index (χ1v) is 7.99. The fourth-order valence-corrected chi connectivity index (χ4v) is 2.76. The van der Waals surface area contributed by atoms with Gasteiger partial charge in [0.25, 0.3) is 0 Å². The molecule has 1 aromatic carbocycles. The summed E-state index contributed by atoms with van der Waals surface area (Å²) in [6.45, 7) is 3.21. The number of hydrogen-bond donors (Lipinski definition) is 2. The minimum atomic E-state index is -0.657. The molecule has 5 heteroatoms. The largest absolute Gasteiger partial charge is 0.388 e. The number of aliphatic hydroxyl groups is 1. The average molecular weight is 291 g/mol. The van der Waals surface area contributed by atoms with Gasteiger partial charge in [-0.25, -0.2) is 4.98 Å². The van der Waals surface area contributed by atoms with E-state index in [0.29, 0.717) is 6.54 Å². The summed E-state index contributed by atoms with van der Waals surface area (Å²) in [7, 11) is 0. The highest BCUT2D eigenvalue weighted by Crippen LogP contribution is 2.11. The third-order valence-electron chi connectivity index (χ3n) is 3.03. The van der Waals surface area contributed by atoms with Crippen LogP contribution in [0, 0.1) is 0 Å². The summed E-state index contributed by atoms with van der Waals surface area (Å²) < 4.78 is 1.97. The molecule has 1 atom stereocenters. The van der Waals surface area contributed by atoms with Crippen LogP contribution >= 0.6 is 11.8 Å². The Kier molecular flexibility index (Phi) is 5.23. The maximum atomic E-state index is 10.1. The van der Waals surface area contributed by atoms with Crippen LogP contribution in [0.2, 0.25) is 0 Å². The molecule has 0 bridgehead atoms. The van der Waals surface area contributed by atoms with Crippen LogP contribution in [0.1, 0.15) is 12.5 Å². The van der Waals surface area contributed by atoms with Crippen LogP contribution in [0.4, 0.5) is 0 Å². The van der Waals surface area contributed by atoms with Crippen LogP contribution in [0.15, 0.2) is 43.0 Å². The van der Waals surface area contributed by atoms with Crippen molar-refractivity contribution in [1.29, 1.82) is 0 Å². The Balaban J connectivity index is 1.85. The van der Waals surface area contributed by atoms with Crippen LogP contribution in [0.25, 0.3) is 5.69 Å². The maximum Gasteiger partial charge on any atom is 0.0991 e. The molecule has 0 radical (unpaired) electrons. The number of benzene rings is 1. The smallest absolute Gasteiger partial charge is 0.0991 e. The van der Waals surface area contributed by atoms with E-state index >= 15 is 0 Å². The summed E-state index contributed by atoms with van der Waals surface area (Å²) in [4.78, 5) is 4.04. The minimum absolute atomic E-state index is 0.594. The molecule has 0 aliphatic rings. The van der Waals surface area contributed by atoms with Gasteiger partial charge in [0.15, 0.2) is 0 Å². The number of aromatic nitrogens is 2. The third kappa shape index (κ3) is 4.37. The van der Waals surface area contributed by atoms with Gasteiger partial charge in [-0.3, -0.25) is 0 Å². The third-order valence-corrected chi connectivity index (χ3v) is 3.94. The SMILES string of the molecule is CSCC(C)(O)CNCc1ccc(-n2ccnc2)cc1. The molecule has 0 spiro atoms. The van der Waals surface area contributed by atoms with Gasteiger partial charge in [-0.05, 0) is 30.9 Å². The molecule has 0 aliphatic carbocycles. The van der Waals surface area contributed by atoms with Gasteiger partial charge in [-0.1, -0.05) is 12.1 Å². The molecule has 1 aromatic heterocycles. The molecule has 2 rings (SSSR count). The summed E-state index contributed by atoms with van der Waals surface area (Å²) in [6, 6.07) is 8.31. The predicted molar refractivity (Wildman–Crippen MR) is 84.3 cm³/mol. The first-order chi connectivity index (χ1) is 9.61. The van der Waals surface area contributed by atoms with E-state index in [1.165, 1.54) is 5.56 Å². The van der Waals surface area contributed by atoms with E-state index in [0.717, 1.165) is 18.0 Å². The Morgan fingerprint density at radius 3 is 2.70 bits per heavy atom. The molecule has 20 heavy (non-hydrogen) atoms. The molecule has 2 N–H and O–H groups in total. The molecular formula is C15H21N3OS. The molecule has 0 saturated carbocycles. The Morgan fingerprint density at radius 1 is 1.35 bits per heavy atom. The summed E-state index contributed by atoms with van der Waals surface area (Å²) in [5, 5.41) is 13.4. The Hall–Kier alpha value is -1.30. The van der Waals surface area contributed by atoms with Gasteiger partial charge in [-0.15, -0.1) is 0 Å². The first kappa shape index (κ1) is 15.1. The molecule has 0 amide bonds. The van der Waals surface area contributed by atoms with E-state index < -0.39 is 5.60 Å². The fraction of sp³-hybridized carbons (Fsp3) is 0.400. The van der Waals surface area contributed by atoms with Crippen molar-refractivity contribution < 1.29 is 5.11 Å². The molecule has 108 valence electrons. The summed E-state index contributed by atoms with van der Waals surface area (Å²) >= 11 is 1.66. The van der Waals surface area contributed by atoms with Crippen molar-refractivity contribution in [3.63, 3.8) is 0 Å². The second kappa shape index (κ2) is 6.92. The van der Waals surface area contributed by atoms with Crippen molar-refractivity contribution in [2.45, 2.75) is 19.1 Å². The monoisotopic (exact) mass is 291 g/mol. The summed E-state index contributed by atoms with van der Waals surface area (Å²) in [5.41, 5.74) is 1.64. The first-order valence-electron chi connectivity index (χ1n) is 6.60. The summed E-state index contributed by atoms with van der Waals surface area (Å²) in [5.74, 6) is 0.736. The highest BCUT2D eigenvalue weighted by molar-refractivity contribution is 7.98. The van der Waals surface area contributed by atoms with Gasteiger partial charge >= 0.3 is 0 Å². The van der Waals surface area contributed by atoms with Crippen molar-refractivity contribution in [3.8, 4) is 5.69 Å². The molecule has 4 nitrogen and oxygen atoms in total. The van der Waals surface area contributed by atoms with Crippen LogP contribution in [-0.2, 0) is 6.54 Å². The van der Waals surface area contributed by atoms with E-state index in [-0.39, 0.29) is 0 Å². The predicted octanol–water partition coefficient (Wildman–Crippen LogP) is 2.08. The van der Waals surface area contributed by atoms with Crippen LogP contribution in [-0.4, -0.2) is 38.8 Å². The van der Waals surface area contributed by atoms with Gasteiger partial charge in [-0.2, -0.15) is 11.8 Å². The zero-order valence-corrected chi connectivity index (χ0v) is 12.7. The lowest BCUT2D eigenvalue weighted by Gasteiger charge is -2.22. The number of nitrogens with one attached hydrogen (secondary N) is 1. The van der Waals surface area contributed by atoms with Crippen LogP contribution in [0.3, 0.4) is 0 Å². The average Bonchev–Trinajstić information content (AvgIpc) is 2.93. The maximum absolute atomic E-state index is 10.1. The lowest BCUT2D eigenvalue weighted by molar-refractivity contribution is 0.0846. The van der Waals surface area contributed by atoms with E-state index in [2.05, 4.69) is 34.6 Å². The number of thioether (sulfide) groups is 1. The molecular weight excluding hydrogens is 270 g/mol. The summed E-state index contributed by atoms with van der Waals surface area (Å²) in [6.07, 6.45) is 7.48. The Morgan fingerprint density at radius 2 is 2.10 bits per heavy atom. The van der Waals surface area contributed by atoms with Crippen molar-refractivity contribution >= 4 is 11.8 Å². The molecule has 0 saturated heterocycles. The normalized spacial score (nSPS) is 14.2. The minimum Gasteiger partial charge on any atom is -0.388 e. The standard InChI is InChI=1S/C15H21N3OS/c1-15(19,11-20-2)10-17-9-13-3-5-14(6-4-13)18-8-7-16-12-18/h3-8,12,17,19H,9-11H2,1-2H3. The van der Waals surface area contributed by atoms with Crippen molar-refractivity contribution in [2.75, 3.05) is 18.6 Å². The second-order valence-electron chi connectivity index (χ2n) is 5.17. The lowest BCUT2D eigenvalue weighted by atomic mass is 10.1. The van der Waals surface area contributed by atoms with Gasteiger partial charge in [0.2, 0.25) is 0 Å². The zero-order chi connectivity index (χ0) is 14.4. The Bertz CT molecular complexity index is 508. The van der Waals surface area contributed by atoms with Gasteiger partial charge < -0.3 is 15.0 Å². The van der Waals surface area contributed by atoms with Crippen LogP contribution < -0.4 is 5.32 Å². The highest BCUT2D eigenvalue weighted by Gasteiger charge is 2.18. The second-order valence-corrected chi connectivity index (χ2v) is 6.04. The molecule has 2 aromatic rings. The number of nitrogens with zero attached hydrogens (tertiary/aromatic N) is 2. The van der Waals surface area contributed by atoms with E-state index in [4.69, 9.17) is 0 Å². The number of rotatable bonds is 7. The number of imidazole rings is 1. The van der Waals surface area contributed by atoms with Crippen LogP contribution in [0.5, 0.6) is 0 Å². The molecule has 0 aliphatic heterocycles. The molecule has 0 fully saturated rings. The Labute approximate surface area is 124 Å².